The molecule has 0 aliphatic heterocycles. The quantitative estimate of drug-likeness (QED) is 0.605. The molecule has 2 aromatic rings. The van der Waals surface area contributed by atoms with E-state index in [1.165, 1.54) is 4.88 Å². The molecule has 0 radical (unpaired) electrons. The highest BCUT2D eigenvalue weighted by atomic mass is 32.1. The van der Waals surface area contributed by atoms with Gasteiger partial charge in [-0.25, -0.2) is 4.57 Å². The zero-order valence-corrected chi connectivity index (χ0v) is 7.58. The number of hydrogen-bond donors (Lipinski definition) is 0. The topological polar surface area (TPSA) is 16.8 Å². The third kappa shape index (κ3) is 1.36. The minimum absolute atomic E-state index is 1.04. The first kappa shape index (κ1) is 7.43. The predicted octanol–water partition coefficient (Wildman–Crippen LogP) is 1.63. The third-order valence-electron chi connectivity index (χ3n) is 1.62. The van der Waals surface area contributed by atoms with Crippen LogP contribution in [-0.2, 0) is 7.05 Å². The van der Waals surface area contributed by atoms with Gasteiger partial charge in [-0.2, -0.15) is 0 Å². The smallest absolute Gasteiger partial charge is 0.240 e. The van der Waals surface area contributed by atoms with Crippen molar-refractivity contribution in [2.75, 3.05) is 0 Å². The van der Waals surface area contributed by atoms with Crippen molar-refractivity contribution in [3.8, 4) is 10.6 Å². The summed E-state index contributed by atoms with van der Waals surface area (Å²) < 4.78 is 1.93. The second-order valence-corrected chi connectivity index (χ2v) is 3.54. The van der Waals surface area contributed by atoms with Gasteiger partial charge in [0.25, 0.3) is 6.33 Å². The largest absolute Gasteiger partial charge is 0.286 e. The Labute approximate surface area is 75.1 Å². The van der Waals surface area contributed by atoms with Crippen LogP contribution in [0, 0.1) is 0 Å². The molecule has 2 nitrogen and oxygen atoms in total. The number of hydrogen-bond acceptors (Lipinski definition) is 2. The number of rotatable bonds is 1. The number of nitrogens with zero attached hydrogens (tertiary/aromatic N) is 2. The molecule has 0 atom stereocenters. The van der Waals surface area contributed by atoms with Crippen LogP contribution in [0.1, 0.15) is 0 Å². The summed E-state index contributed by atoms with van der Waals surface area (Å²) in [6, 6.07) is 6.13. The Balaban J connectivity index is 2.43. The number of thiophene rings is 1. The summed E-state index contributed by atoms with van der Waals surface area (Å²) >= 11 is 1.71. The van der Waals surface area contributed by atoms with E-state index in [0.717, 1.165) is 5.69 Å². The summed E-state index contributed by atoms with van der Waals surface area (Å²) in [6.07, 6.45) is 3.82. The van der Waals surface area contributed by atoms with Gasteiger partial charge in [-0.15, -0.1) is 11.3 Å². The molecule has 2 heterocycles. The van der Waals surface area contributed by atoms with Crippen molar-refractivity contribution in [2.24, 2.45) is 7.05 Å². The zero-order chi connectivity index (χ0) is 8.39. The zero-order valence-electron chi connectivity index (χ0n) is 6.77. The van der Waals surface area contributed by atoms with E-state index in [0.29, 0.717) is 0 Å². The van der Waals surface area contributed by atoms with Crippen molar-refractivity contribution in [3.63, 3.8) is 0 Å². The molecule has 0 N–H and O–H groups in total. The van der Waals surface area contributed by atoms with Crippen LogP contribution < -0.4 is 4.57 Å². The minimum Gasteiger partial charge on any atom is -0.240 e. The summed E-state index contributed by atoms with van der Waals surface area (Å²) in [7, 11) is 1.96. The maximum atomic E-state index is 4.29. The van der Waals surface area contributed by atoms with Gasteiger partial charge in [0.1, 0.15) is 0 Å². The van der Waals surface area contributed by atoms with E-state index < -0.39 is 0 Å². The molecule has 60 valence electrons. The summed E-state index contributed by atoms with van der Waals surface area (Å²) in [6.45, 7) is 0. The molecule has 0 saturated carbocycles. The van der Waals surface area contributed by atoms with Crippen LogP contribution in [0.25, 0.3) is 10.6 Å². The SMILES string of the molecule is C[n+]1ccc(-c2cccs2)nc1. The second kappa shape index (κ2) is 3.03. The van der Waals surface area contributed by atoms with E-state index in [1.807, 2.05) is 36.3 Å². The van der Waals surface area contributed by atoms with E-state index in [2.05, 4.69) is 16.4 Å². The lowest BCUT2D eigenvalue weighted by atomic mass is 10.3. The van der Waals surface area contributed by atoms with Gasteiger partial charge in [0.2, 0.25) is 0 Å². The normalized spacial score (nSPS) is 10.1. The molecule has 0 aliphatic rings. The summed E-state index contributed by atoms with van der Waals surface area (Å²) in [5.74, 6) is 0. The second-order valence-electron chi connectivity index (χ2n) is 2.59. The fourth-order valence-electron chi connectivity index (χ4n) is 0.993. The van der Waals surface area contributed by atoms with Crippen LogP contribution in [0.15, 0.2) is 36.1 Å². The molecule has 0 aromatic carbocycles. The lowest BCUT2D eigenvalue weighted by Crippen LogP contribution is -2.26. The summed E-state index contributed by atoms with van der Waals surface area (Å²) in [4.78, 5) is 5.51. The Kier molecular flexibility index (Phi) is 1.87. The highest BCUT2D eigenvalue weighted by Gasteiger charge is 2.04. The highest BCUT2D eigenvalue weighted by Crippen LogP contribution is 2.20. The van der Waals surface area contributed by atoms with Gasteiger partial charge in [0, 0.05) is 6.07 Å². The van der Waals surface area contributed by atoms with E-state index in [9.17, 15) is 0 Å². The molecule has 0 unspecified atom stereocenters. The van der Waals surface area contributed by atoms with E-state index in [4.69, 9.17) is 0 Å². The van der Waals surface area contributed by atoms with Crippen LogP contribution in [0.4, 0.5) is 0 Å². The van der Waals surface area contributed by atoms with Crippen molar-refractivity contribution in [1.82, 2.24) is 4.98 Å². The summed E-state index contributed by atoms with van der Waals surface area (Å²) in [5, 5.41) is 2.06. The van der Waals surface area contributed by atoms with E-state index >= 15 is 0 Å². The number of aromatic nitrogens is 2. The first-order valence-corrected chi connectivity index (χ1v) is 4.59. The molecule has 0 saturated heterocycles. The molecule has 0 aliphatic carbocycles. The maximum Gasteiger partial charge on any atom is 0.286 e. The lowest BCUT2D eigenvalue weighted by molar-refractivity contribution is -0.674. The first-order chi connectivity index (χ1) is 5.86. The average molecular weight is 177 g/mol. The molecule has 2 aromatic heterocycles. The molecular weight excluding hydrogens is 168 g/mol. The van der Waals surface area contributed by atoms with Crippen LogP contribution in [0.5, 0.6) is 0 Å². The van der Waals surface area contributed by atoms with Crippen LogP contribution in [-0.4, -0.2) is 4.98 Å². The van der Waals surface area contributed by atoms with Gasteiger partial charge >= 0.3 is 0 Å². The molecule has 0 amide bonds. The van der Waals surface area contributed by atoms with Crippen molar-refractivity contribution < 1.29 is 4.57 Å². The fourth-order valence-corrected chi connectivity index (χ4v) is 1.70. The van der Waals surface area contributed by atoms with E-state index in [1.54, 1.807) is 11.3 Å². The Bertz CT molecular complexity index is 351. The van der Waals surface area contributed by atoms with Crippen molar-refractivity contribution in [3.05, 3.63) is 36.1 Å². The lowest BCUT2D eigenvalue weighted by Gasteiger charge is -1.88. The maximum absolute atomic E-state index is 4.29. The molecule has 3 heteroatoms. The first-order valence-electron chi connectivity index (χ1n) is 3.71. The molecular formula is C9H9N2S+. The predicted molar refractivity (Wildman–Crippen MR) is 48.7 cm³/mol. The monoisotopic (exact) mass is 177 g/mol. The Morgan fingerprint density at radius 1 is 1.42 bits per heavy atom. The average Bonchev–Trinajstić information content (AvgIpc) is 2.58. The van der Waals surface area contributed by atoms with Gasteiger partial charge in [0.15, 0.2) is 5.69 Å². The van der Waals surface area contributed by atoms with Crippen LogP contribution >= 0.6 is 11.3 Å². The Morgan fingerprint density at radius 2 is 2.33 bits per heavy atom. The standard InChI is InChI=1S/C9H9N2S/c1-11-5-4-8(10-7-11)9-3-2-6-12-9/h2-7H,1H3/q+1. The summed E-state index contributed by atoms with van der Waals surface area (Å²) in [5.41, 5.74) is 1.04. The Morgan fingerprint density at radius 3 is 2.92 bits per heavy atom. The van der Waals surface area contributed by atoms with Gasteiger partial charge in [-0.3, -0.25) is 0 Å². The minimum atomic E-state index is 1.04. The fraction of sp³-hybridized carbons (Fsp3) is 0.111. The molecule has 0 fully saturated rings. The van der Waals surface area contributed by atoms with E-state index in [-0.39, 0.29) is 0 Å². The third-order valence-corrected chi connectivity index (χ3v) is 2.51. The Hall–Kier alpha value is -1.22. The van der Waals surface area contributed by atoms with Crippen molar-refractivity contribution in [2.45, 2.75) is 0 Å². The van der Waals surface area contributed by atoms with Gasteiger partial charge < -0.3 is 0 Å². The molecule has 0 bridgehead atoms. The molecule has 2 rings (SSSR count). The van der Waals surface area contributed by atoms with Crippen molar-refractivity contribution in [1.29, 1.82) is 0 Å². The van der Waals surface area contributed by atoms with Crippen LogP contribution in [0.3, 0.4) is 0 Å². The van der Waals surface area contributed by atoms with Crippen molar-refractivity contribution >= 4 is 11.3 Å². The van der Waals surface area contributed by atoms with Gasteiger partial charge in [-0.1, -0.05) is 6.07 Å². The molecule has 12 heavy (non-hydrogen) atoms. The van der Waals surface area contributed by atoms with Crippen LogP contribution in [0.2, 0.25) is 0 Å². The molecule has 0 spiro atoms. The number of aryl methyl sites for hydroxylation is 1. The highest BCUT2D eigenvalue weighted by molar-refractivity contribution is 7.13. The van der Waals surface area contributed by atoms with Gasteiger partial charge in [-0.05, 0) is 16.4 Å². The van der Waals surface area contributed by atoms with Gasteiger partial charge in [0.05, 0.1) is 18.1 Å².